The minimum atomic E-state index is 0.578. The fourth-order valence-corrected chi connectivity index (χ4v) is 1.70. The molecule has 69 valence electrons. The minimum Gasteiger partial charge on any atom is -0.330 e. The first-order valence-corrected chi connectivity index (χ1v) is 4.48. The van der Waals surface area contributed by atoms with Crippen molar-refractivity contribution in [1.82, 2.24) is 4.90 Å². The Morgan fingerprint density at radius 3 is 2.93 bits per heavy atom. The molecule has 1 aromatic carbocycles. The van der Waals surface area contributed by atoms with Crippen LogP contribution in [0.5, 0.6) is 0 Å². The van der Waals surface area contributed by atoms with Gasteiger partial charge >= 0.3 is 6.41 Å². The maximum atomic E-state index is 10.5. The third-order valence-corrected chi connectivity index (χ3v) is 2.48. The largest absolute Gasteiger partial charge is 0.330 e. The summed E-state index contributed by atoms with van der Waals surface area (Å²) < 4.78 is 0. The summed E-state index contributed by atoms with van der Waals surface area (Å²) in [7, 11) is 0. The van der Waals surface area contributed by atoms with Crippen LogP contribution in [0.15, 0.2) is 18.2 Å². The quantitative estimate of drug-likeness (QED) is 0.654. The van der Waals surface area contributed by atoms with Gasteiger partial charge in [0.25, 0.3) is 0 Å². The minimum absolute atomic E-state index is 0.578. The molecule has 0 aromatic heterocycles. The van der Waals surface area contributed by atoms with Crippen molar-refractivity contribution in [3.63, 3.8) is 0 Å². The molecule has 1 aliphatic rings. The third kappa shape index (κ3) is 1.47. The van der Waals surface area contributed by atoms with Gasteiger partial charge in [-0.1, -0.05) is 6.07 Å². The topological polar surface area (TPSA) is 44.1 Å². The SMILES string of the molecule is N#Cc1ccc2c(c1)CN([C]=O)CC2. The molecule has 1 aromatic rings. The lowest BCUT2D eigenvalue weighted by Crippen LogP contribution is -2.29. The van der Waals surface area contributed by atoms with E-state index in [0.717, 1.165) is 18.5 Å². The van der Waals surface area contributed by atoms with Crippen molar-refractivity contribution in [3.05, 3.63) is 34.9 Å². The number of nitrogens with zero attached hydrogens (tertiary/aromatic N) is 2. The molecule has 0 bridgehead atoms. The van der Waals surface area contributed by atoms with Crippen molar-refractivity contribution in [2.45, 2.75) is 13.0 Å². The molecule has 0 fully saturated rings. The Morgan fingerprint density at radius 2 is 2.21 bits per heavy atom. The highest BCUT2D eigenvalue weighted by atomic mass is 16.1. The zero-order chi connectivity index (χ0) is 9.97. The summed E-state index contributed by atoms with van der Waals surface area (Å²) in [6.07, 6.45) is 2.74. The zero-order valence-electron chi connectivity index (χ0n) is 7.66. The summed E-state index contributed by atoms with van der Waals surface area (Å²) in [6, 6.07) is 7.73. The van der Waals surface area contributed by atoms with Gasteiger partial charge < -0.3 is 4.90 Å². The maximum Gasteiger partial charge on any atom is 0.312 e. The van der Waals surface area contributed by atoms with Gasteiger partial charge in [0, 0.05) is 13.1 Å². The Balaban J connectivity index is 2.35. The van der Waals surface area contributed by atoms with E-state index in [9.17, 15) is 4.79 Å². The molecule has 1 amide bonds. The lowest BCUT2D eigenvalue weighted by molar-refractivity contribution is 0.360. The van der Waals surface area contributed by atoms with Crippen LogP contribution in [0.1, 0.15) is 16.7 Å². The van der Waals surface area contributed by atoms with Gasteiger partial charge in [0.2, 0.25) is 0 Å². The molecule has 0 unspecified atom stereocenters. The fourth-order valence-electron chi connectivity index (χ4n) is 1.70. The molecule has 3 heteroatoms. The lowest BCUT2D eigenvalue weighted by Gasteiger charge is -2.24. The molecular weight excluding hydrogens is 176 g/mol. The number of hydrogen-bond donors (Lipinski definition) is 0. The molecule has 2 rings (SSSR count). The maximum absolute atomic E-state index is 10.5. The number of benzene rings is 1. The highest BCUT2D eigenvalue weighted by Crippen LogP contribution is 2.18. The summed E-state index contributed by atoms with van der Waals surface area (Å²) in [5.41, 5.74) is 2.95. The van der Waals surface area contributed by atoms with Gasteiger partial charge in [-0.05, 0) is 29.7 Å². The van der Waals surface area contributed by atoms with E-state index < -0.39 is 0 Å². The van der Waals surface area contributed by atoms with Crippen LogP contribution in [0.2, 0.25) is 0 Å². The predicted octanol–water partition coefficient (Wildman–Crippen LogP) is 0.984. The van der Waals surface area contributed by atoms with Crippen molar-refractivity contribution in [2.75, 3.05) is 6.54 Å². The Kier molecular flexibility index (Phi) is 2.19. The first-order valence-electron chi connectivity index (χ1n) is 4.48. The molecule has 1 radical (unpaired) electrons. The van der Waals surface area contributed by atoms with E-state index >= 15 is 0 Å². The molecule has 14 heavy (non-hydrogen) atoms. The molecule has 0 saturated heterocycles. The van der Waals surface area contributed by atoms with E-state index in [1.807, 2.05) is 24.6 Å². The molecular formula is C11H9N2O. The normalized spacial score (nSPS) is 14.4. The van der Waals surface area contributed by atoms with Crippen LogP contribution in [0.25, 0.3) is 0 Å². The van der Waals surface area contributed by atoms with E-state index in [-0.39, 0.29) is 0 Å². The van der Waals surface area contributed by atoms with Gasteiger partial charge in [-0.2, -0.15) is 5.26 Å². The number of rotatable bonds is 1. The molecule has 0 spiro atoms. The van der Waals surface area contributed by atoms with Crippen LogP contribution in [0.3, 0.4) is 0 Å². The van der Waals surface area contributed by atoms with E-state index in [4.69, 9.17) is 5.26 Å². The monoisotopic (exact) mass is 185 g/mol. The lowest BCUT2D eigenvalue weighted by atomic mass is 9.98. The summed E-state index contributed by atoms with van der Waals surface area (Å²) >= 11 is 0. The highest BCUT2D eigenvalue weighted by molar-refractivity contribution is 5.51. The van der Waals surface area contributed by atoms with Crippen LogP contribution in [0, 0.1) is 11.3 Å². The third-order valence-electron chi connectivity index (χ3n) is 2.48. The summed E-state index contributed by atoms with van der Waals surface area (Å²) in [5.74, 6) is 0. The molecule has 0 atom stereocenters. The second kappa shape index (κ2) is 3.51. The number of nitriles is 1. The molecule has 1 aliphatic heterocycles. The number of hydrogen-bond acceptors (Lipinski definition) is 2. The molecule has 0 aliphatic carbocycles. The molecule has 3 nitrogen and oxygen atoms in total. The van der Waals surface area contributed by atoms with Crippen molar-refractivity contribution in [1.29, 1.82) is 5.26 Å². The van der Waals surface area contributed by atoms with Crippen molar-refractivity contribution in [2.24, 2.45) is 0 Å². The van der Waals surface area contributed by atoms with Crippen LogP contribution in [-0.4, -0.2) is 17.9 Å². The van der Waals surface area contributed by atoms with Crippen LogP contribution >= 0.6 is 0 Å². The van der Waals surface area contributed by atoms with Crippen LogP contribution in [-0.2, 0) is 17.8 Å². The van der Waals surface area contributed by atoms with Crippen LogP contribution < -0.4 is 0 Å². The first kappa shape index (κ1) is 8.76. The second-order valence-corrected chi connectivity index (χ2v) is 3.36. The van der Waals surface area contributed by atoms with Gasteiger partial charge in [-0.25, -0.2) is 0 Å². The molecule has 1 heterocycles. The zero-order valence-corrected chi connectivity index (χ0v) is 7.66. The van der Waals surface area contributed by atoms with Crippen molar-refractivity contribution >= 4 is 6.41 Å². The van der Waals surface area contributed by atoms with Gasteiger partial charge in [0.05, 0.1) is 11.6 Å². The van der Waals surface area contributed by atoms with Gasteiger partial charge in [0.15, 0.2) is 0 Å². The summed E-state index contributed by atoms with van der Waals surface area (Å²) in [6.45, 7) is 1.30. The van der Waals surface area contributed by atoms with Crippen molar-refractivity contribution < 1.29 is 4.79 Å². The number of carbonyl (C=O) groups excluding carboxylic acids is 1. The smallest absolute Gasteiger partial charge is 0.312 e. The van der Waals surface area contributed by atoms with Crippen molar-refractivity contribution in [3.8, 4) is 6.07 Å². The first-order chi connectivity index (χ1) is 6.83. The number of fused-ring (bicyclic) bond motifs is 1. The van der Waals surface area contributed by atoms with E-state index in [2.05, 4.69) is 6.07 Å². The van der Waals surface area contributed by atoms with E-state index in [0.29, 0.717) is 12.1 Å². The summed E-state index contributed by atoms with van der Waals surface area (Å²) in [5, 5.41) is 8.72. The highest BCUT2D eigenvalue weighted by Gasteiger charge is 2.15. The van der Waals surface area contributed by atoms with Crippen LogP contribution in [0.4, 0.5) is 0 Å². The molecule has 0 saturated carbocycles. The van der Waals surface area contributed by atoms with Gasteiger partial charge in [0.1, 0.15) is 0 Å². The second-order valence-electron chi connectivity index (χ2n) is 3.36. The molecule has 0 N–H and O–H groups in total. The average Bonchev–Trinajstić information content (AvgIpc) is 2.27. The number of amides is 1. The average molecular weight is 185 g/mol. The predicted molar refractivity (Wildman–Crippen MR) is 51.0 cm³/mol. The Hall–Kier alpha value is -1.82. The Morgan fingerprint density at radius 1 is 1.36 bits per heavy atom. The van der Waals surface area contributed by atoms with E-state index in [1.54, 1.807) is 4.90 Å². The summed E-state index contributed by atoms with van der Waals surface area (Å²) in [4.78, 5) is 12.1. The standard InChI is InChI=1S/C11H9N2O/c12-6-9-1-2-10-3-4-13(8-14)7-11(10)5-9/h1-2,5H,3-4,7H2. The van der Waals surface area contributed by atoms with Gasteiger partial charge in [-0.15, -0.1) is 0 Å². The Bertz CT molecular complexity index is 406. The Labute approximate surface area is 82.6 Å². The van der Waals surface area contributed by atoms with Gasteiger partial charge in [-0.3, -0.25) is 4.79 Å². The fraction of sp³-hybridized carbons (Fsp3) is 0.273. The van der Waals surface area contributed by atoms with E-state index in [1.165, 1.54) is 5.56 Å².